The van der Waals surface area contributed by atoms with Crippen molar-refractivity contribution in [3.63, 3.8) is 0 Å². The predicted molar refractivity (Wildman–Crippen MR) is 141 cm³/mol. The molecule has 2 aromatic rings. The molecule has 0 saturated carbocycles. The van der Waals surface area contributed by atoms with Gasteiger partial charge in [-0.3, -0.25) is 9.13 Å². The van der Waals surface area contributed by atoms with Gasteiger partial charge in [0.05, 0.1) is 18.4 Å². The third-order valence-electron chi connectivity index (χ3n) is 6.37. The molecule has 8 N–H and O–H groups in total. The second kappa shape index (κ2) is 10.3. The molecular weight excluding hydrogens is 488 g/mol. The molecule has 1 aliphatic rings. The van der Waals surface area contributed by atoms with Crippen molar-refractivity contribution in [3.05, 3.63) is 71.8 Å². The van der Waals surface area contributed by atoms with E-state index in [2.05, 4.69) is 0 Å². The summed E-state index contributed by atoms with van der Waals surface area (Å²) in [6.45, 7) is 3.84. The van der Waals surface area contributed by atoms with Gasteiger partial charge in [0.25, 0.3) is 0 Å². The molecule has 11 heteroatoms. The largest absolute Gasteiger partial charge is 0.398 e. The Balaban J connectivity index is 2.00. The highest BCUT2D eigenvalue weighted by Gasteiger charge is 2.33. The molecular formula is C24H33N3O6P2. The monoisotopic (exact) mass is 521 g/mol. The number of aryl methyl sites for hydroxylation is 2. The van der Waals surface area contributed by atoms with E-state index in [0.717, 1.165) is 22.5 Å². The van der Waals surface area contributed by atoms with Crippen LogP contribution < -0.4 is 16.4 Å². The van der Waals surface area contributed by atoms with Gasteiger partial charge in [-0.1, -0.05) is 36.4 Å². The second-order valence-electron chi connectivity index (χ2n) is 9.17. The van der Waals surface area contributed by atoms with Crippen LogP contribution in [0.3, 0.4) is 0 Å². The number of benzene rings is 2. The topological polar surface area (TPSA) is 170 Å². The Morgan fingerprint density at radius 2 is 1.20 bits per heavy atom. The van der Waals surface area contributed by atoms with Crippen molar-refractivity contribution in [1.82, 2.24) is 0 Å². The Hall–Kier alpha value is -2.38. The average molecular weight is 521 g/mol. The maximum atomic E-state index is 11.5. The summed E-state index contributed by atoms with van der Waals surface area (Å²) in [7, 11) is -8.58. The third kappa shape index (κ3) is 7.31. The summed E-state index contributed by atoms with van der Waals surface area (Å²) in [6.07, 6.45) is 6.70. The van der Waals surface area contributed by atoms with Crippen LogP contribution in [-0.4, -0.2) is 37.9 Å². The molecule has 0 heterocycles. The van der Waals surface area contributed by atoms with Gasteiger partial charge < -0.3 is 35.9 Å². The molecule has 1 aliphatic carbocycles. The molecule has 0 unspecified atom stereocenters. The van der Waals surface area contributed by atoms with Gasteiger partial charge in [0.2, 0.25) is 0 Å². The van der Waals surface area contributed by atoms with Gasteiger partial charge >= 0.3 is 15.2 Å². The first-order valence-electron chi connectivity index (χ1n) is 11.2. The Morgan fingerprint density at radius 1 is 0.800 bits per heavy atom. The normalized spacial score (nSPS) is 15.9. The van der Waals surface area contributed by atoms with Gasteiger partial charge in [-0.05, 0) is 62.1 Å². The molecule has 0 atom stereocenters. The molecule has 0 amide bonds. The van der Waals surface area contributed by atoms with Crippen molar-refractivity contribution in [2.75, 3.05) is 28.7 Å². The quantitative estimate of drug-likeness (QED) is 0.161. The summed E-state index contributed by atoms with van der Waals surface area (Å²) in [5.41, 5.74) is 16.3. The maximum absolute atomic E-state index is 11.5. The number of rotatable bonds is 9. The molecule has 3 rings (SSSR count). The lowest BCUT2D eigenvalue weighted by molar-refractivity contribution is 0.347. The second-order valence-corrected chi connectivity index (χ2v) is 12.7. The zero-order chi connectivity index (χ0) is 26.0. The first kappa shape index (κ1) is 27.2. The molecule has 190 valence electrons. The highest BCUT2D eigenvalue weighted by atomic mass is 31.2. The lowest BCUT2D eigenvalue weighted by Crippen LogP contribution is -2.32. The van der Waals surface area contributed by atoms with Crippen LogP contribution in [0.2, 0.25) is 0 Å². The molecule has 0 radical (unpaired) electrons. The van der Waals surface area contributed by atoms with Crippen LogP contribution in [0.25, 0.3) is 0 Å². The minimum atomic E-state index is -4.29. The highest BCUT2D eigenvalue weighted by molar-refractivity contribution is 7.52. The lowest BCUT2D eigenvalue weighted by atomic mass is 9.78. The number of allylic oxidation sites excluding steroid dienone is 2. The zero-order valence-electron chi connectivity index (χ0n) is 19.8. The standard InChI is InChI=1S/C24H33N3O6P2/c1-17-3-5-20(15-22(17)25)27(21-6-4-18(2)23(26)16-21)19-7-9-24(10-8-19,11-13-34(28,29)30)12-14-35(31,32)33/h3-10,15-16,19H,11-14,25-26H2,1-2H3,(H2,28,29,30)(H2,31,32,33). The predicted octanol–water partition coefficient (Wildman–Crippen LogP) is 4.22. The summed E-state index contributed by atoms with van der Waals surface area (Å²) < 4.78 is 23.1. The number of hydrogen-bond donors (Lipinski definition) is 6. The Kier molecular flexibility index (Phi) is 8.02. The average Bonchev–Trinajstić information content (AvgIpc) is 2.76. The zero-order valence-corrected chi connectivity index (χ0v) is 21.6. The third-order valence-corrected chi connectivity index (χ3v) is 7.98. The molecule has 35 heavy (non-hydrogen) atoms. The first-order chi connectivity index (χ1) is 16.2. The minimum absolute atomic E-state index is 0.0615. The van der Waals surface area contributed by atoms with E-state index in [1.807, 2.05) is 67.3 Å². The maximum Gasteiger partial charge on any atom is 0.325 e. The van der Waals surface area contributed by atoms with Gasteiger partial charge in [-0.15, -0.1) is 0 Å². The van der Waals surface area contributed by atoms with E-state index in [9.17, 15) is 28.7 Å². The SMILES string of the molecule is Cc1ccc(N(c2ccc(C)c(N)c2)C2C=CC(CCP(=O)(O)O)(CCP(=O)(O)O)C=C2)cc1N. The highest BCUT2D eigenvalue weighted by Crippen LogP contribution is 2.47. The van der Waals surface area contributed by atoms with E-state index >= 15 is 0 Å². The summed E-state index contributed by atoms with van der Waals surface area (Å²) >= 11 is 0. The summed E-state index contributed by atoms with van der Waals surface area (Å²) in [5.74, 6) is 0. The Morgan fingerprint density at radius 3 is 1.54 bits per heavy atom. The van der Waals surface area contributed by atoms with Crippen LogP contribution in [-0.2, 0) is 9.13 Å². The van der Waals surface area contributed by atoms with Gasteiger partial charge in [0, 0.05) is 28.2 Å². The van der Waals surface area contributed by atoms with E-state index in [4.69, 9.17) is 11.5 Å². The fraction of sp³-hybridized carbons (Fsp3) is 0.333. The van der Waals surface area contributed by atoms with E-state index < -0.39 is 20.6 Å². The molecule has 2 aromatic carbocycles. The molecule has 9 nitrogen and oxygen atoms in total. The van der Waals surface area contributed by atoms with Crippen LogP contribution in [0.1, 0.15) is 24.0 Å². The van der Waals surface area contributed by atoms with Gasteiger partial charge in [0.15, 0.2) is 0 Å². The Labute approximate surface area is 205 Å². The van der Waals surface area contributed by atoms with E-state index in [1.54, 1.807) is 12.2 Å². The minimum Gasteiger partial charge on any atom is -0.398 e. The van der Waals surface area contributed by atoms with Crippen molar-refractivity contribution < 1.29 is 28.7 Å². The number of hydrogen-bond acceptors (Lipinski definition) is 5. The van der Waals surface area contributed by atoms with Crippen molar-refractivity contribution in [2.45, 2.75) is 32.7 Å². The van der Waals surface area contributed by atoms with Gasteiger partial charge in [-0.25, -0.2) is 0 Å². The molecule has 0 fully saturated rings. The van der Waals surface area contributed by atoms with Crippen LogP contribution in [0, 0.1) is 19.3 Å². The fourth-order valence-electron chi connectivity index (χ4n) is 4.09. The number of nitrogens with two attached hydrogens (primary N) is 2. The summed E-state index contributed by atoms with van der Waals surface area (Å²) in [6, 6.07) is 11.2. The van der Waals surface area contributed by atoms with Crippen LogP contribution in [0.15, 0.2) is 60.7 Å². The van der Waals surface area contributed by atoms with Crippen LogP contribution >= 0.6 is 15.2 Å². The van der Waals surface area contributed by atoms with Crippen molar-refractivity contribution in [3.8, 4) is 0 Å². The first-order valence-corrected chi connectivity index (χ1v) is 14.8. The van der Waals surface area contributed by atoms with Crippen molar-refractivity contribution >= 4 is 37.9 Å². The van der Waals surface area contributed by atoms with Gasteiger partial charge in [-0.2, -0.15) is 0 Å². The summed E-state index contributed by atoms with van der Waals surface area (Å²) in [4.78, 5) is 39.6. The van der Waals surface area contributed by atoms with E-state index in [-0.39, 0.29) is 31.2 Å². The Bertz CT molecular complexity index is 1140. The molecule has 0 spiro atoms. The smallest absolute Gasteiger partial charge is 0.325 e. The molecule has 0 aliphatic heterocycles. The van der Waals surface area contributed by atoms with Crippen molar-refractivity contribution in [1.29, 1.82) is 0 Å². The fourth-order valence-corrected chi connectivity index (χ4v) is 5.50. The number of nitrogens with zero attached hydrogens (tertiary/aromatic N) is 1. The number of nitrogen functional groups attached to an aromatic ring is 2. The van der Waals surface area contributed by atoms with Crippen molar-refractivity contribution in [2.24, 2.45) is 5.41 Å². The van der Waals surface area contributed by atoms with E-state index in [0.29, 0.717) is 11.4 Å². The van der Waals surface area contributed by atoms with Crippen LogP contribution in [0.4, 0.5) is 22.7 Å². The van der Waals surface area contributed by atoms with Gasteiger partial charge in [0.1, 0.15) is 0 Å². The molecule has 0 saturated heterocycles. The summed E-state index contributed by atoms with van der Waals surface area (Å²) in [5, 5.41) is 0. The molecule has 0 bridgehead atoms. The van der Waals surface area contributed by atoms with Crippen LogP contribution in [0.5, 0.6) is 0 Å². The number of anilines is 4. The van der Waals surface area contributed by atoms with E-state index in [1.165, 1.54) is 0 Å². The lowest BCUT2D eigenvalue weighted by Gasteiger charge is -2.37. The molecule has 0 aromatic heterocycles.